The summed E-state index contributed by atoms with van der Waals surface area (Å²) >= 11 is 0. The van der Waals surface area contributed by atoms with Crippen LogP contribution in [0, 0.1) is 23.7 Å². The minimum absolute atomic E-state index is 0.184. The zero-order valence-corrected chi connectivity index (χ0v) is 11.4. The number of hydrogen-bond donors (Lipinski definition) is 0. The van der Waals surface area contributed by atoms with Crippen LogP contribution in [0.5, 0.6) is 0 Å². The van der Waals surface area contributed by atoms with Gasteiger partial charge in [0.05, 0.1) is 45.7 Å². The molecule has 0 aromatic rings. The number of hydrogen-bond acceptors (Lipinski definition) is 8. The highest BCUT2D eigenvalue weighted by Crippen LogP contribution is 2.48. The van der Waals surface area contributed by atoms with Crippen molar-refractivity contribution in [3.05, 3.63) is 0 Å². The van der Waals surface area contributed by atoms with Gasteiger partial charge in [-0.15, -0.1) is 0 Å². The Kier molecular flexibility index (Phi) is 5.48. The topological polar surface area (TPSA) is 105 Å². The fourth-order valence-corrected chi connectivity index (χ4v) is 2.54. The molecular weight excluding hydrogens is 272 g/mol. The minimum Gasteiger partial charge on any atom is -0.469 e. The summed E-state index contributed by atoms with van der Waals surface area (Å²) in [7, 11) is 3.49. The van der Waals surface area contributed by atoms with E-state index in [2.05, 4.69) is 18.9 Å². The predicted octanol–water partition coefficient (Wildman–Crippen LogP) is -0.843. The molecule has 1 fully saturated rings. The summed E-state index contributed by atoms with van der Waals surface area (Å²) < 4.78 is 18.4. The van der Waals surface area contributed by atoms with Gasteiger partial charge in [0, 0.05) is 5.92 Å². The second-order valence-electron chi connectivity index (χ2n) is 4.24. The highest BCUT2D eigenvalue weighted by Gasteiger charge is 2.62. The maximum absolute atomic E-state index is 11.7. The van der Waals surface area contributed by atoms with Crippen molar-refractivity contribution in [3.63, 3.8) is 0 Å². The van der Waals surface area contributed by atoms with E-state index in [1.54, 1.807) is 0 Å². The quantitative estimate of drug-likeness (QED) is 0.354. The van der Waals surface area contributed by atoms with E-state index in [0.29, 0.717) is 0 Å². The number of carbonyl (C=O) groups excluding carboxylic acids is 4. The van der Waals surface area contributed by atoms with E-state index >= 15 is 0 Å². The molecule has 1 rings (SSSR count). The van der Waals surface area contributed by atoms with Crippen molar-refractivity contribution < 1.29 is 38.1 Å². The van der Waals surface area contributed by atoms with Gasteiger partial charge in [0.15, 0.2) is 0 Å². The van der Waals surface area contributed by atoms with E-state index in [9.17, 15) is 19.2 Å². The van der Waals surface area contributed by atoms with Gasteiger partial charge in [0.1, 0.15) is 0 Å². The zero-order valence-electron chi connectivity index (χ0n) is 11.4. The summed E-state index contributed by atoms with van der Waals surface area (Å²) in [6.07, 6.45) is 0. The maximum Gasteiger partial charge on any atom is 0.310 e. The molecule has 0 saturated heterocycles. The van der Waals surface area contributed by atoms with Gasteiger partial charge in [-0.25, -0.2) is 0 Å². The summed E-state index contributed by atoms with van der Waals surface area (Å²) in [6, 6.07) is 0. The molecule has 0 bridgehead atoms. The van der Waals surface area contributed by atoms with Crippen LogP contribution in [0.4, 0.5) is 0 Å². The highest BCUT2D eigenvalue weighted by atomic mass is 16.5. The normalized spacial score (nSPS) is 27.8. The Morgan fingerprint density at radius 1 is 0.850 bits per heavy atom. The van der Waals surface area contributed by atoms with Crippen LogP contribution in [-0.4, -0.2) is 52.3 Å². The molecule has 0 amide bonds. The predicted molar refractivity (Wildman–Crippen MR) is 62.0 cm³/mol. The van der Waals surface area contributed by atoms with Gasteiger partial charge in [-0.05, 0) is 0 Å². The smallest absolute Gasteiger partial charge is 0.310 e. The van der Waals surface area contributed by atoms with Gasteiger partial charge in [-0.3, -0.25) is 19.2 Å². The van der Waals surface area contributed by atoms with E-state index < -0.39 is 41.6 Å². The third-order valence-corrected chi connectivity index (χ3v) is 3.47. The molecule has 0 heterocycles. The monoisotopic (exact) mass is 288 g/mol. The average Bonchev–Trinajstić information content (AvgIpc) is 2.45. The Hall–Kier alpha value is -2.12. The lowest BCUT2D eigenvalue weighted by Crippen LogP contribution is -2.59. The molecule has 8 nitrogen and oxygen atoms in total. The van der Waals surface area contributed by atoms with Crippen LogP contribution >= 0.6 is 0 Å². The van der Waals surface area contributed by atoms with Crippen molar-refractivity contribution in [1.29, 1.82) is 0 Å². The minimum atomic E-state index is -1.000. The van der Waals surface area contributed by atoms with Gasteiger partial charge in [-0.1, -0.05) is 0 Å². The molecule has 1 aliphatic rings. The first-order valence-corrected chi connectivity index (χ1v) is 5.82. The second kappa shape index (κ2) is 6.88. The molecule has 8 heteroatoms. The SMILES string of the molecule is COC(=O)C1[C@H](C(=O)OC)C(COC=O)[C@@H]1C(=O)OC. The molecule has 0 aromatic heterocycles. The molecule has 0 spiro atoms. The zero-order chi connectivity index (χ0) is 15.3. The lowest BCUT2D eigenvalue weighted by molar-refractivity contribution is -0.192. The first-order chi connectivity index (χ1) is 9.53. The van der Waals surface area contributed by atoms with Crippen molar-refractivity contribution in [1.82, 2.24) is 0 Å². The Labute approximate surface area is 115 Å². The lowest BCUT2D eigenvalue weighted by Gasteiger charge is -2.46. The molecule has 112 valence electrons. The fourth-order valence-electron chi connectivity index (χ4n) is 2.54. The Morgan fingerprint density at radius 2 is 1.25 bits per heavy atom. The number of rotatable bonds is 6. The fraction of sp³-hybridized carbons (Fsp3) is 0.667. The summed E-state index contributed by atoms with van der Waals surface area (Å²) in [6.45, 7) is 0.0185. The molecule has 1 saturated carbocycles. The number of esters is 3. The van der Waals surface area contributed by atoms with Gasteiger partial charge in [-0.2, -0.15) is 0 Å². The van der Waals surface area contributed by atoms with Crippen LogP contribution in [0.1, 0.15) is 0 Å². The van der Waals surface area contributed by atoms with Crippen molar-refractivity contribution >= 4 is 24.4 Å². The Bertz CT molecular complexity index is 380. The van der Waals surface area contributed by atoms with E-state index in [-0.39, 0.29) is 13.1 Å². The van der Waals surface area contributed by atoms with Crippen LogP contribution in [0.2, 0.25) is 0 Å². The van der Waals surface area contributed by atoms with Crippen LogP contribution in [-0.2, 0) is 38.1 Å². The van der Waals surface area contributed by atoms with Crippen molar-refractivity contribution in [2.45, 2.75) is 0 Å². The molecule has 0 aliphatic heterocycles. The molecular formula is C12H16O8. The first-order valence-electron chi connectivity index (χ1n) is 5.82. The molecule has 1 aliphatic carbocycles. The summed E-state index contributed by atoms with van der Waals surface area (Å²) in [5, 5.41) is 0. The van der Waals surface area contributed by atoms with E-state index in [1.165, 1.54) is 14.2 Å². The molecule has 20 heavy (non-hydrogen) atoms. The van der Waals surface area contributed by atoms with Crippen molar-refractivity contribution in [3.8, 4) is 0 Å². The van der Waals surface area contributed by atoms with Gasteiger partial charge in [0.25, 0.3) is 6.47 Å². The summed E-state index contributed by atoms with van der Waals surface area (Å²) in [4.78, 5) is 45.5. The number of ether oxygens (including phenoxy) is 4. The Morgan fingerprint density at radius 3 is 1.60 bits per heavy atom. The van der Waals surface area contributed by atoms with Gasteiger partial charge < -0.3 is 18.9 Å². The van der Waals surface area contributed by atoms with E-state index in [1.807, 2.05) is 0 Å². The summed E-state index contributed by atoms with van der Waals surface area (Å²) in [5.74, 6) is -5.53. The van der Waals surface area contributed by atoms with E-state index in [0.717, 1.165) is 7.11 Å². The van der Waals surface area contributed by atoms with Gasteiger partial charge in [0.2, 0.25) is 0 Å². The first kappa shape index (κ1) is 15.9. The third-order valence-electron chi connectivity index (χ3n) is 3.47. The molecule has 2 unspecified atom stereocenters. The highest BCUT2D eigenvalue weighted by molar-refractivity contribution is 5.91. The standard InChI is InChI=1S/C12H16O8/c1-17-10(14)7-6(4-20-5-13)8(11(15)18-2)9(7)12(16)19-3/h5-9H,4H2,1-3H3/t6?,7-,8+,9?. The van der Waals surface area contributed by atoms with Crippen LogP contribution in [0.15, 0.2) is 0 Å². The average molecular weight is 288 g/mol. The largest absolute Gasteiger partial charge is 0.469 e. The molecule has 0 aromatic carbocycles. The Balaban J connectivity index is 3.02. The van der Waals surface area contributed by atoms with Crippen molar-refractivity contribution in [2.24, 2.45) is 23.7 Å². The molecule has 4 atom stereocenters. The van der Waals surface area contributed by atoms with Crippen LogP contribution < -0.4 is 0 Å². The summed E-state index contributed by atoms with van der Waals surface area (Å²) in [5.41, 5.74) is 0. The molecule has 0 N–H and O–H groups in total. The third kappa shape index (κ3) is 2.73. The maximum atomic E-state index is 11.7. The van der Waals surface area contributed by atoms with E-state index in [4.69, 9.17) is 0 Å². The van der Waals surface area contributed by atoms with Crippen molar-refractivity contribution in [2.75, 3.05) is 27.9 Å². The molecule has 0 radical (unpaired) electrons. The van der Waals surface area contributed by atoms with Crippen LogP contribution in [0.3, 0.4) is 0 Å². The number of methoxy groups -OCH3 is 3. The number of carbonyl (C=O) groups is 4. The van der Waals surface area contributed by atoms with Crippen LogP contribution in [0.25, 0.3) is 0 Å². The van der Waals surface area contributed by atoms with Gasteiger partial charge >= 0.3 is 17.9 Å². The second-order valence-corrected chi connectivity index (χ2v) is 4.24. The lowest BCUT2D eigenvalue weighted by atomic mass is 9.56.